The maximum atomic E-state index is 12.5. The number of carbonyl (C=O) groups is 2. The molecular formula is C23H26ClN3O3. The van der Waals surface area contributed by atoms with Crippen molar-refractivity contribution in [2.75, 3.05) is 50.1 Å². The molecular weight excluding hydrogens is 402 g/mol. The van der Waals surface area contributed by atoms with Crippen molar-refractivity contribution < 1.29 is 14.3 Å². The van der Waals surface area contributed by atoms with Crippen LogP contribution >= 0.6 is 11.6 Å². The van der Waals surface area contributed by atoms with Crippen molar-refractivity contribution in [3.63, 3.8) is 0 Å². The smallest absolute Gasteiger partial charge is 0.337 e. The standard InChI is InChI=1S/C23H26ClN3O3/c1-3-26-12-14-27(15-13-26)21-10-9-19(24)16-20(21)25-22(28)11-6-17-4-7-18(8-5-17)23(29)30-2/h4-11,16H,3,12-15H2,1-2H3,(H,25,28)/b11-6+. The molecule has 7 heteroatoms. The zero-order chi connectivity index (χ0) is 21.5. The van der Waals surface area contributed by atoms with Gasteiger partial charge in [0.15, 0.2) is 0 Å². The summed E-state index contributed by atoms with van der Waals surface area (Å²) in [6, 6.07) is 12.4. The monoisotopic (exact) mass is 427 g/mol. The Morgan fingerprint density at radius 1 is 1.10 bits per heavy atom. The molecule has 0 aliphatic carbocycles. The molecule has 1 aliphatic rings. The molecule has 0 saturated carbocycles. The fourth-order valence-corrected chi connectivity index (χ4v) is 3.56. The van der Waals surface area contributed by atoms with Crippen LogP contribution in [0.5, 0.6) is 0 Å². The van der Waals surface area contributed by atoms with Crippen LogP contribution in [0.1, 0.15) is 22.8 Å². The molecule has 0 bridgehead atoms. The number of nitrogens with zero attached hydrogens (tertiary/aromatic N) is 2. The van der Waals surface area contributed by atoms with Gasteiger partial charge in [-0.05, 0) is 48.5 Å². The van der Waals surface area contributed by atoms with E-state index in [1.54, 1.807) is 36.4 Å². The van der Waals surface area contributed by atoms with Gasteiger partial charge in [0.05, 0.1) is 24.0 Å². The summed E-state index contributed by atoms with van der Waals surface area (Å²) in [5.41, 5.74) is 2.94. The number of anilines is 2. The lowest BCUT2D eigenvalue weighted by Crippen LogP contribution is -2.46. The molecule has 2 aromatic carbocycles. The topological polar surface area (TPSA) is 61.9 Å². The fraction of sp³-hybridized carbons (Fsp3) is 0.304. The molecule has 1 amide bonds. The first-order valence-corrected chi connectivity index (χ1v) is 10.3. The molecule has 1 aliphatic heterocycles. The van der Waals surface area contributed by atoms with Gasteiger partial charge in [-0.1, -0.05) is 30.7 Å². The molecule has 1 heterocycles. The number of methoxy groups -OCH3 is 1. The Morgan fingerprint density at radius 2 is 1.80 bits per heavy atom. The quantitative estimate of drug-likeness (QED) is 0.559. The fourth-order valence-electron chi connectivity index (χ4n) is 3.38. The summed E-state index contributed by atoms with van der Waals surface area (Å²) in [7, 11) is 1.34. The van der Waals surface area contributed by atoms with Crippen LogP contribution in [0.25, 0.3) is 6.08 Å². The molecule has 1 N–H and O–H groups in total. The number of benzene rings is 2. The zero-order valence-corrected chi connectivity index (χ0v) is 18.0. The van der Waals surface area contributed by atoms with Gasteiger partial charge in [0.2, 0.25) is 5.91 Å². The SMILES string of the molecule is CCN1CCN(c2ccc(Cl)cc2NC(=O)/C=C/c2ccc(C(=O)OC)cc2)CC1. The van der Waals surface area contributed by atoms with Gasteiger partial charge >= 0.3 is 5.97 Å². The van der Waals surface area contributed by atoms with E-state index in [-0.39, 0.29) is 5.91 Å². The Balaban J connectivity index is 1.68. The average Bonchev–Trinajstić information content (AvgIpc) is 2.78. The number of hydrogen-bond acceptors (Lipinski definition) is 5. The molecule has 6 nitrogen and oxygen atoms in total. The summed E-state index contributed by atoms with van der Waals surface area (Å²) in [5.74, 6) is -0.640. The highest BCUT2D eigenvalue weighted by Gasteiger charge is 2.19. The number of piperazine rings is 1. The van der Waals surface area contributed by atoms with Crippen molar-refractivity contribution in [2.24, 2.45) is 0 Å². The third-order valence-corrected chi connectivity index (χ3v) is 5.37. The minimum absolute atomic E-state index is 0.247. The second kappa shape index (κ2) is 10.3. The molecule has 30 heavy (non-hydrogen) atoms. The highest BCUT2D eigenvalue weighted by atomic mass is 35.5. The number of ether oxygens (including phenoxy) is 1. The highest BCUT2D eigenvalue weighted by Crippen LogP contribution is 2.30. The van der Waals surface area contributed by atoms with Gasteiger partial charge in [-0.3, -0.25) is 4.79 Å². The van der Waals surface area contributed by atoms with Crippen molar-refractivity contribution in [1.82, 2.24) is 4.90 Å². The van der Waals surface area contributed by atoms with Crippen molar-refractivity contribution in [1.29, 1.82) is 0 Å². The van der Waals surface area contributed by atoms with Crippen LogP contribution in [-0.2, 0) is 9.53 Å². The molecule has 3 rings (SSSR count). The number of esters is 1. The van der Waals surface area contributed by atoms with Crippen molar-refractivity contribution in [2.45, 2.75) is 6.92 Å². The average molecular weight is 428 g/mol. The molecule has 0 unspecified atom stereocenters. The summed E-state index contributed by atoms with van der Waals surface area (Å²) in [4.78, 5) is 28.7. The summed E-state index contributed by atoms with van der Waals surface area (Å²) in [6.07, 6.45) is 3.16. The molecule has 1 fully saturated rings. The van der Waals surface area contributed by atoms with Crippen molar-refractivity contribution in [3.05, 3.63) is 64.7 Å². The minimum atomic E-state index is -0.392. The summed E-state index contributed by atoms with van der Waals surface area (Å²) in [5, 5.41) is 3.52. The predicted octanol–water partition coefficient (Wildman–Crippen LogP) is 3.92. The van der Waals surface area contributed by atoms with Crippen LogP contribution in [0.4, 0.5) is 11.4 Å². The minimum Gasteiger partial charge on any atom is -0.465 e. The lowest BCUT2D eigenvalue weighted by molar-refractivity contribution is -0.111. The van der Waals surface area contributed by atoms with Gasteiger partial charge in [0.25, 0.3) is 0 Å². The van der Waals surface area contributed by atoms with Crippen LogP contribution in [0, 0.1) is 0 Å². The van der Waals surface area contributed by atoms with Gasteiger partial charge in [-0.2, -0.15) is 0 Å². The normalized spacial score (nSPS) is 14.7. The summed E-state index contributed by atoms with van der Waals surface area (Å²) >= 11 is 6.18. The zero-order valence-electron chi connectivity index (χ0n) is 17.2. The summed E-state index contributed by atoms with van der Waals surface area (Å²) in [6.45, 7) is 7.01. The van der Waals surface area contributed by atoms with E-state index in [0.29, 0.717) is 16.3 Å². The van der Waals surface area contributed by atoms with Gasteiger partial charge in [-0.15, -0.1) is 0 Å². The van der Waals surface area contributed by atoms with E-state index < -0.39 is 5.97 Å². The number of nitrogens with one attached hydrogen (secondary N) is 1. The first-order valence-electron chi connectivity index (χ1n) is 9.94. The van der Waals surface area contributed by atoms with Gasteiger partial charge in [0.1, 0.15) is 0 Å². The number of carbonyl (C=O) groups excluding carboxylic acids is 2. The third kappa shape index (κ3) is 5.62. The Labute approximate surface area is 182 Å². The van der Waals surface area contributed by atoms with Crippen LogP contribution < -0.4 is 10.2 Å². The second-order valence-electron chi connectivity index (χ2n) is 7.02. The van der Waals surface area contributed by atoms with Gasteiger partial charge in [-0.25, -0.2) is 4.79 Å². The number of amides is 1. The van der Waals surface area contributed by atoms with Gasteiger partial charge in [0, 0.05) is 37.3 Å². The molecule has 1 saturated heterocycles. The number of hydrogen-bond donors (Lipinski definition) is 1. The molecule has 0 aromatic heterocycles. The Hall–Kier alpha value is -2.83. The lowest BCUT2D eigenvalue weighted by atomic mass is 10.1. The van der Waals surface area contributed by atoms with E-state index in [1.807, 2.05) is 12.1 Å². The largest absolute Gasteiger partial charge is 0.465 e. The molecule has 158 valence electrons. The molecule has 2 aromatic rings. The first-order chi connectivity index (χ1) is 14.5. The van der Waals surface area contributed by atoms with E-state index >= 15 is 0 Å². The molecule has 0 atom stereocenters. The number of likely N-dealkylation sites (N-methyl/N-ethyl adjacent to an activating group) is 1. The van der Waals surface area contributed by atoms with Crippen molar-refractivity contribution in [3.8, 4) is 0 Å². The first kappa shape index (κ1) is 21.9. The number of halogens is 1. The highest BCUT2D eigenvalue weighted by molar-refractivity contribution is 6.31. The van der Waals surface area contributed by atoms with Crippen LogP contribution in [0.3, 0.4) is 0 Å². The molecule has 0 spiro atoms. The number of rotatable bonds is 6. The van der Waals surface area contributed by atoms with Crippen LogP contribution in [0.2, 0.25) is 5.02 Å². The van der Waals surface area contributed by atoms with E-state index in [1.165, 1.54) is 13.2 Å². The Morgan fingerprint density at radius 3 is 2.43 bits per heavy atom. The third-order valence-electron chi connectivity index (χ3n) is 5.14. The van der Waals surface area contributed by atoms with E-state index in [9.17, 15) is 9.59 Å². The van der Waals surface area contributed by atoms with Gasteiger partial charge < -0.3 is 19.9 Å². The Kier molecular flexibility index (Phi) is 7.49. The van der Waals surface area contributed by atoms with Crippen molar-refractivity contribution >= 4 is 40.9 Å². The molecule has 0 radical (unpaired) electrons. The summed E-state index contributed by atoms with van der Waals surface area (Å²) < 4.78 is 4.69. The predicted molar refractivity (Wildman–Crippen MR) is 121 cm³/mol. The van der Waals surface area contributed by atoms with Crippen LogP contribution in [0.15, 0.2) is 48.5 Å². The van der Waals surface area contributed by atoms with E-state index in [4.69, 9.17) is 11.6 Å². The van der Waals surface area contributed by atoms with Crippen LogP contribution in [-0.4, -0.2) is 56.6 Å². The second-order valence-corrected chi connectivity index (χ2v) is 7.46. The van der Waals surface area contributed by atoms with E-state index in [0.717, 1.165) is 44.0 Å². The maximum absolute atomic E-state index is 12.5. The van der Waals surface area contributed by atoms with E-state index in [2.05, 4.69) is 26.8 Å². The Bertz CT molecular complexity index is 920. The lowest BCUT2D eigenvalue weighted by Gasteiger charge is -2.36. The maximum Gasteiger partial charge on any atom is 0.337 e.